The number of aliphatic carboxylic acids is 1. The van der Waals surface area contributed by atoms with Gasteiger partial charge in [0.05, 0.1) is 34.4 Å². The summed E-state index contributed by atoms with van der Waals surface area (Å²) in [7, 11) is 5.96. The predicted octanol–water partition coefficient (Wildman–Crippen LogP) is 21.4. The van der Waals surface area contributed by atoms with Crippen LogP contribution in [0.1, 0.15) is 271 Å². The SMILES string of the molecule is CC/C=C\C/C=C\C/C=C\C/C=C\C/C=C\C/C=C\C/C=C\C/C=C\C/C=C\C/C=C\C/C=C\CCCCCCCC(=O)OC(COC(=O)CCCCCCCCCCCCCCCCCCCCCCC)COC(OCC[N+](C)(C)C)C(=O)O. The first-order valence-electron chi connectivity index (χ1n) is 34.3. The topological polar surface area (TPSA) is 108 Å². The Hall–Kier alpha value is -4.57. The largest absolute Gasteiger partial charge is 0.477 e. The van der Waals surface area contributed by atoms with Crippen LogP contribution >= 0.6 is 0 Å². The Morgan fingerprint density at radius 1 is 0.365 bits per heavy atom. The molecule has 85 heavy (non-hydrogen) atoms. The van der Waals surface area contributed by atoms with Crippen molar-refractivity contribution in [3.05, 3.63) is 134 Å². The third kappa shape index (κ3) is 66.8. The smallest absolute Gasteiger partial charge is 0.361 e. The van der Waals surface area contributed by atoms with Crippen LogP contribution in [0.2, 0.25) is 0 Å². The minimum Gasteiger partial charge on any atom is -0.477 e. The Labute approximate surface area is 522 Å². The van der Waals surface area contributed by atoms with Crippen LogP contribution in [-0.4, -0.2) is 87.4 Å². The number of likely N-dealkylation sites (N-methyl/N-ethyl adjacent to an activating group) is 1. The molecule has 9 heteroatoms. The fourth-order valence-corrected chi connectivity index (χ4v) is 9.20. The molecule has 0 aromatic rings. The highest BCUT2D eigenvalue weighted by Crippen LogP contribution is 2.17. The molecular formula is C76H128NO8+. The van der Waals surface area contributed by atoms with Gasteiger partial charge in [-0.1, -0.05) is 295 Å². The Balaban J connectivity index is 4.22. The van der Waals surface area contributed by atoms with Crippen molar-refractivity contribution in [3.63, 3.8) is 0 Å². The molecule has 0 saturated carbocycles. The van der Waals surface area contributed by atoms with E-state index in [-0.39, 0.29) is 32.2 Å². The highest BCUT2D eigenvalue weighted by Gasteiger charge is 2.25. The van der Waals surface area contributed by atoms with Crippen LogP contribution in [-0.2, 0) is 33.3 Å². The molecule has 0 aliphatic carbocycles. The number of rotatable bonds is 62. The van der Waals surface area contributed by atoms with E-state index < -0.39 is 24.3 Å². The van der Waals surface area contributed by atoms with Crippen LogP contribution in [0.4, 0.5) is 0 Å². The van der Waals surface area contributed by atoms with Crippen LogP contribution in [0.5, 0.6) is 0 Å². The monoisotopic (exact) mass is 1180 g/mol. The van der Waals surface area contributed by atoms with Gasteiger partial charge in [-0.2, -0.15) is 0 Å². The van der Waals surface area contributed by atoms with E-state index in [1.165, 1.54) is 116 Å². The second-order valence-electron chi connectivity index (χ2n) is 23.8. The van der Waals surface area contributed by atoms with Crippen LogP contribution in [0.3, 0.4) is 0 Å². The van der Waals surface area contributed by atoms with Gasteiger partial charge in [-0.15, -0.1) is 0 Å². The molecule has 0 spiro atoms. The molecule has 484 valence electrons. The summed E-state index contributed by atoms with van der Waals surface area (Å²) in [5.41, 5.74) is 0. The molecule has 0 rings (SSSR count). The zero-order valence-electron chi connectivity index (χ0n) is 55.2. The molecule has 0 heterocycles. The number of carboxylic acids is 1. The maximum atomic E-state index is 12.9. The van der Waals surface area contributed by atoms with Crippen molar-refractivity contribution in [2.45, 2.75) is 283 Å². The number of ether oxygens (including phenoxy) is 4. The number of unbranched alkanes of at least 4 members (excludes halogenated alkanes) is 25. The minimum absolute atomic E-state index is 0.178. The van der Waals surface area contributed by atoms with Crippen molar-refractivity contribution in [2.75, 3.05) is 47.5 Å². The molecule has 2 atom stereocenters. The first-order valence-corrected chi connectivity index (χ1v) is 34.3. The predicted molar refractivity (Wildman–Crippen MR) is 364 cm³/mol. The average Bonchev–Trinajstić information content (AvgIpc) is 3.49. The lowest BCUT2D eigenvalue weighted by Crippen LogP contribution is -2.40. The van der Waals surface area contributed by atoms with Crippen molar-refractivity contribution in [1.29, 1.82) is 0 Å². The number of hydrogen-bond donors (Lipinski definition) is 1. The van der Waals surface area contributed by atoms with E-state index in [2.05, 4.69) is 148 Å². The van der Waals surface area contributed by atoms with Gasteiger partial charge < -0.3 is 28.5 Å². The average molecular weight is 1180 g/mol. The van der Waals surface area contributed by atoms with Crippen molar-refractivity contribution in [3.8, 4) is 0 Å². The van der Waals surface area contributed by atoms with Crippen molar-refractivity contribution >= 4 is 17.9 Å². The molecule has 0 bridgehead atoms. The number of carbonyl (C=O) groups excluding carboxylic acids is 2. The van der Waals surface area contributed by atoms with Crippen LogP contribution in [0.25, 0.3) is 0 Å². The minimum atomic E-state index is -1.52. The summed E-state index contributed by atoms with van der Waals surface area (Å²) >= 11 is 0. The number of hydrogen-bond acceptors (Lipinski definition) is 7. The third-order valence-corrected chi connectivity index (χ3v) is 14.4. The van der Waals surface area contributed by atoms with E-state index in [0.717, 1.165) is 122 Å². The van der Waals surface area contributed by atoms with Gasteiger partial charge in [-0.05, 0) is 96.3 Å². The molecule has 0 amide bonds. The van der Waals surface area contributed by atoms with Gasteiger partial charge >= 0.3 is 17.9 Å². The highest BCUT2D eigenvalue weighted by atomic mass is 16.7. The summed E-state index contributed by atoms with van der Waals surface area (Å²) in [6.45, 7) is 4.75. The fourth-order valence-electron chi connectivity index (χ4n) is 9.20. The summed E-state index contributed by atoms with van der Waals surface area (Å²) in [6, 6.07) is 0. The molecule has 1 N–H and O–H groups in total. The van der Waals surface area contributed by atoms with Gasteiger partial charge in [0.2, 0.25) is 0 Å². The van der Waals surface area contributed by atoms with Gasteiger partial charge in [-0.25, -0.2) is 4.79 Å². The maximum Gasteiger partial charge on any atom is 0.361 e. The summed E-state index contributed by atoms with van der Waals surface area (Å²) < 4.78 is 22.9. The van der Waals surface area contributed by atoms with Crippen molar-refractivity contribution < 1.29 is 42.9 Å². The second-order valence-corrected chi connectivity index (χ2v) is 23.8. The lowest BCUT2D eigenvalue weighted by Gasteiger charge is -2.25. The molecule has 0 fully saturated rings. The zero-order valence-corrected chi connectivity index (χ0v) is 55.2. The van der Waals surface area contributed by atoms with E-state index in [4.69, 9.17) is 18.9 Å². The molecule has 9 nitrogen and oxygen atoms in total. The molecule has 2 unspecified atom stereocenters. The lowest BCUT2D eigenvalue weighted by atomic mass is 10.0. The number of esters is 2. The highest BCUT2D eigenvalue weighted by molar-refractivity contribution is 5.71. The Kier molecular flexibility index (Phi) is 61.9. The number of nitrogens with zero attached hydrogens (tertiary/aromatic N) is 1. The number of carboxylic acid groups (broad SMARTS) is 1. The first-order chi connectivity index (χ1) is 41.6. The third-order valence-electron chi connectivity index (χ3n) is 14.4. The molecule has 0 aliphatic rings. The molecule has 0 radical (unpaired) electrons. The van der Waals surface area contributed by atoms with Crippen molar-refractivity contribution in [2.24, 2.45) is 0 Å². The Morgan fingerprint density at radius 2 is 0.671 bits per heavy atom. The maximum absolute atomic E-state index is 12.9. The van der Waals surface area contributed by atoms with Crippen molar-refractivity contribution in [1.82, 2.24) is 0 Å². The number of allylic oxidation sites excluding steroid dienone is 22. The van der Waals surface area contributed by atoms with E-state index in [1.807, 2.05) is 21.1 Å². The van der Waals surface area contributed by atoms with E-state index in [9.17, 15) is 19.5 Å². The molecule has 0 aromatic heterocycles. The lowest BCUT2D eigenvalue weighted by molar-refractivity contribution is -0.870. The van der Waals surface area contributed by atoms with E-state index in [0.29, 0.717) is 23.9 Å². The summed E-state index contributed by atoms with van der Waals surface area (Å²) in [5, 5.41) is 9.73. The van der Waals surface area contributed by atoms with Crippen LogP contribution in [0, 0.1) is 0 Å². The van der Waals surface area contributed by atoms with Gasteiger partial charge in [0.1, 0.15) is 13.2 Å². The quantitative estimate of drug-likeness (QED) is 0.0211. The van der Waals surface area contributed by atoms with Gasteiger partial charge in [0, 0.05) is 12.8 Å². The van der Waals surface area contributed by atoms with Crippen LogP contribution in [0.15, 0.2) is 134 Å². The number of carbonyl (C=O) groups is 3. The standard InChI is InChI=1S/C76H127NO8/c1-6-8-10-12-14-16-18-20-22-24-26-28-29-30-31-32-33-34-35-36-37-38-39-40-41-42-43-44-45-47-49-51-53-55-57-59-61-63-65-67-74(79)85-72(71-84-76(75(80)81)82-69-68-77(3,4)5)70-83-73(78)66-64-62-60-58-56-54-52-50-48-46-27-25-23-21-19-17-15-13-11-9-7-2/h8,10,14,16,20,22,26,28,30-31,33-34,36-37,39-40,42-43,45,47,51,53,72,76H,6-7,9,11-13,15,17-19,21,23-25,27,29,32,35,38,41,44,46,48-50,52,54-71H2,1-5H3/p+1/b10-8-,16-14-,22-20-,28-26-,31-30-,34-33-,37-36-,40-39-,43-42-,47-45-,53-51-. The van der Waals surface area contributed by atoms with Gasteiger partial charge in [0.15, 0.2) is 6.10 Å². The molecular weight excluding hydrogens is 1050 g/mol. The summed E-state index contributed by atoms with van der Waals surface area (Å²) in [4.78, 5) is 37.6. The summed E-state index contributed by atoms with van der Waals surface area (Å²) in [5.74, 6) is -2.03. The zero-order chi connectivity index (χ0) is 61.9. The van der Waals surface area contributed by atoms with Gasteiger partial charge in [-0.3, -0.25) is 9.59 Å². The first kappa shape index (κ1) is 80.4. The molecule has 0 aliphatic heterocycles. The fraction of sp³-hybridized carbons (Fsp3) is 0.671. The Morgan fingerprint density at radius 3 is 1.00 bits per heavy atom. The van der Waals surface area contributed by atoms with E-state index in [1.54, 1.807) is 0 Å². The van der Waals surface area contributed by atoms with Crippen LogP contribution < -0.4 is 0 Å². The normalized spacial score (nSPS) is 13.6. The second kappa shape index (κ2) is 65.4. The Bertz CT molecular complexity index is 1860. The van der Waals surface area contributed by atoms with E-state index >= 15 is 0 Å². The van der Waals surface area contributed by atoms with Gasteiger partial charge in [0.25, 0.3) is 6.29 Å². The summed E-state index contributed by atoms with van der Waals surface area (Å²) in [6.07, 6.45) is 91.3. The number of quaternary nitrogens is 1. The molecule has 0 aromatic carbocycles. The molecule has 0 saturated heterocycles.